The van der Waals surface area contributed by atoms with Gasteiger partial charge in [0, 0.05) is 34.1 Å². The summed E-state index contributed by atoms with van der Waals surface area (Å²) in [6.07, 6.45) is 0. The highest BCUT2D eigenvalue weighted by Crippen LogP contribution is 2.71. The Kier molecular flexibility index (Phi) is 6.27. The van der Waals surface area contributed by atoms with E-state index in [9.17, 15) is 9.59 Å². The predicted octanol–water partition coefficient (Wildman–Crippen LogP) is 5.06. The zero-order valence-electron chi connectivity index (χ0n) is 20.1. The van der Waals surface area contributed by atoms with Crippen molar-refractivity contribution in [3.05, 3.63) is 47.5 Å². The summed E-state index contributed by atoms with van der Waals surface area (Å²) < 4.78 is 21.7. The SMILES string of the molecule is CC.CC.COc1ccc2c(c1)OC(=O)C1C3C(=O)Oc4cc(OC)ccc4C3(C)C21C. The van der Waals surface area contributed by atoms with E-state index < -0.39 is 34.6 Å². The zero-order chi connectivity index (χ0) is 23.8. The Labute approximate surface area is 189 Å². The van der Waals surface area contributed by atoms with E-state index in [1.807, 2.05) is 65.8 Å². The van der Waals surface area contributed by atoms with Crippen molar-refractivity contribution < 1.29 is 28.5 Å². The fourth-order valence-electron chi connectivity index (χ4n) is 5.48. The quantitative estimate of drug-likeness (QED) is 0.480. The molecule has 2 aliphatic heterocycles. The van der Waals surface area contributed by atoms with Crippen LogP contribution in [-0.2, 0) is 20.4 Å². The van der Waals surface area contributed by atoms with E-state index in [0.29, 0.717) is 23.0 Å². The second-order valence-electron chi connectivity index (χ2n) is 7.93. The number of fused-ring (bicyclic) bond motifs is 8. The molecule has 6 nitrogen and oxygen atoms in total. The molecule has 4 atom stereocenters. The van der Waals surface area contributed by atoms with Crippen molar-refractivity contribution in [3.8, 4) is 23.0 Å². The number of esters is 2. The summed E-state index contributed by atoms with van der Waals surface area (Å²) in [6, 6.07) is 11.0. The molecule has 4 unspecified atom stereocenters. The van der Waals surface area contributed by atoms with Crippen LogP contribution in [0.4, 0.5) is 0 Å². The molecule has 6 heteroatoms. The summed E-state index contributed by atoms with van der Waals surface area (Å²) in [5, 5.41) is 0. The molecule has 3 aliphatic rings. The Bertz CT molecular complexity index is 961. The first-order valence-electron chi connectivity index (χ1n) is 11.2. The lowest BCUT2D eigenvalue weighted by Gasteiger charge is -2.67. The molecule has 1 fully saturated rings. The van der Waals surface area contributed by atoms with Gasteiger partial charge in [0.1, 0.15) is 23.0 Å². The van der Waals surface area contributed by atoms with Gasteiger partial charge in [-0.2, -0.15) is 0 Å². The lowest BCUT2D eigenvalue weighted by Crippen LogP contribution is -2.75. The Morgan fingerprint density at radius 3 is 1.34 bits per heavy atom. The van der Waals surface area contributed by atoms with Crippen LogP contribution in [0.2, 0.25) is 0 Å². The smallest absolute Gasteiger partial charge is 0.316 e. The molecule has 2 aromatic carbocycles. The minimum Gasteiger partial charge on any atom is -0.497 e. The van der Waals surface area contributed by atoms with Crippen LogP contribution >= 0.6 is 0 Å². The third-order valence-corrected chi connectivity index (χ3v) is 7.08. The average molecular weight is 441 g/mol. The molecular weight excluding hydrogens is 408 g/mol. The number of hydrogen-bond acceptors (Lipinski definition) is 6. The van der Waals surface area contributed by atoms with Gasteiger partial charge in [0.15, 0.2) is 0 Å². The monoisotopic (exact) mass is 440 g/mol. The van der Waals surface area contributed by atoms with Gasteiger partial charge in [0.2, 0.25) is 0 Å². The van der Waals surface area contributed by atoms with Crippen LogP contribution in [0.5, 0.6) is 23.0 Å². The van der Waals surface area contributed by atoms with Crippen molar-refractivity contribution in [2.24, 2.45) is 11.8 Å². The van der Waals surface area contributed by atoms with E-state index in [2.05, 4.69) is 0 Å². The van der Waals surface area contributed by atoms with Crippen LogP contribution in [0.25, 0.3) is 0 Å². The molecule has 1 saturated carbocycles. The van der Waals surface area contributed by atoms with Crippen LogP contribution < -0.4 is 18.9 Å². The Balaban J connectivity index is 0.000000686. The third-order valence-electron chi connectivity index (χ3n) is 7.08. The van der Waals surface area contributed by atoms with Crippen molar-refractivity contribution in [2.45, 2.75) is 52.4 Å². The molecule has 1 aliphatic carbocycles. The highest BCUT2D eigenvalue weighted by Gasteiger charge is 2.77. The third kappa shape index (κ3) is 2.85. The second kappa shape index (κ2) is 8.49. The molecule has 5 rings (SSSR count). The lowest BCUT2D eigenvalue weighted by atomic mass is 9.34. The number of rotatable bonds is 2. The Hall–Kier alpha value is -3.02. The van der Waals surface area contributed by atoms with Gasteiger partial charge >= 0.3 is 11.9 Å². The summed E-state index contributed by atoms with van der Waals surface area (Å²) in [4.78, 5) is 25.8. The molecule has 0 spiro atoms. The van der Waals surface area contributed by atoms with Gasteiger partial charge in [0.05, 0.1) is 26.1 Å². The maximum absolute atomic E-state index is 12.9. The van der Waals surface area contributed by atoms with Gasteiger partial charge in [-0.15, -0.1) is 0 Å². The van der Waals surface area contributed by atoms with Crippen molar-refractivity contribution in [2.75, 3.05) is 14.2 Å². The number of carbonyl (C=O) groups is 2. The number of carbonyl (C=O) groups excluding carboxylic acids is 2. The van der Waals surface area contributed by atoms with Gasteiger partial charge in [-0.3, -0.25) is 9.59 Å². The number of methoxy groups -OCH3 is 2. The fourth-order valence-corrected chi connectivity index (χ4v) is 5.48. The first-order chi connectivity index (χ1) is 15.4. The summed E-state index contributed by atoms with van der Waals surface area (Å²) in [6.45, 7) is 12.1. The molecule has 32 heavy (non-hydrogen) atoms. The van der Waals surface area contributed by atoms with Crippen LogP contribution in [0.1, 0.15) is 52.7 Å². The molecule has 0 radical (unpaired) electrons. The Morgan fingerprint density at radius 1 is 0.688 bits per heavy atom. The van der Waals surface area contributed by atoms with Gasteiger partial charge < -0.3 is 18.9 Å². The van der Waals surface area contributed by atoms with Crippen LogP contribution in [-0.4, -0.2) is 26.2 Å². The van der Waals surface area contributed by atoms with Crippen LogP contribution in [0.15, 0.2) is 36.4 Å². The maximum atomic E-state index is 12.9. The summed E-state index contributed by atoms with van der Waals surface area (Å²) in [5.74, 6) is 0.195. The van der Waals surface area contributed by atoms with E-state index in [-0.39, 0.29) is 0 Å². The van der Waals surface area contributed by atoms with E-state index >= 15 is 0 Å². The van der Waals surface area contributed by atoms with Crippen molar-refractivity contribution >= 4 is 11.9 Å². The molecule has 172 valence electrons. The van der Waals surface area contributed by atoms with Crippen LogP contribution in [0, 0.1) is 11.8 Å². The molecule has 0 amide bonds. The second-order valence-corrected chi connectivity index (χ2v) is 7.93. The van der Waals surface area contributed by atoms with E-state index in [1.54, 1.807) is 26.4 Å². The predicted molar refractivity (Wildman–Crippen MR) is 122 cm³/mol. The van der Waals surface area contributed by atoms with Gasteiger partial charge in [-0.25, -0.2) is 0 Å². The topological polar surface area (TPSA) is 71.1 Å². The van der Waals surface area contributed by atoms with Gasteiger partial charge in [-0.1, -0.05) is 53.7 Å². The number of ether oxygens (including phenoxy) is 4. The molecule has 0 N–H and O–H groups in total. The highest BCUT2D eigenvalue weighted by atomic mass is 16.5. The molecule has 2 aromatic rings. The van der Waals surface area contributed by atoms with Crippen molar-refractivity contribution in [1.82, 2.24) is 0 Å². The minimum absolute atomic E-state index is 0.403. The molecule has 2 heterocycles. The largest absolute Gasteiger partial charge is 0.497 e. The molecule has 0 saturated heterocycles. The number of benzene rings is 2. The van der Waals surface area contributed by atoms with E-state index in [1.165, 1.54) is 0 Å². The Morgan fingerprint density at radius 2 is 1.03 bits per heavy atom. The highest BCUT2D eigenvalue weighted by molar-refractivity contribution is 5.95. The molecule has 0 bridgehead atoms. The minimum atomic E-state index is -0.614. The maximum Gasteiger partial charge on any atom is 0.316 e. The van der Waals surface area contributed by atoms with Gasteiger partial charge in [-0.05, 0) is 12.1 Å². The number of hydrogen-bond donors (Lipinski definition) is 0. The van der Waals surface area contributed by atoms with E-state index in [0.717, 1.165) is 11.1 Å². The summed E-state index contributed by atoms with van der Waals surface area (Å²) >= 11 is 0. The van der Waals surface area contributed by atoms with Crippen molar-refractivity contribution in [1.29, 1.82) is 0 Å². The lowest BCUT2D eigenvalue weighted by molar-refractivity contribution is -0.186. The first kappa shape index (κ1) is 23.6. The summed E-state index contributed by atoms with van der Waals surface area (Å²) in [5.41, 5.74) is 0.565. The average Bonchev–Trinajstić information content (AvgIpc) is 2.82. The van der Waals surface area contributed by atoms with Crippen LogP contribution in [0.3, 0.4) is 0 Å². The zero-order valence-corrected chi connectivity index (χ0v) is 20.1. The fraction of sp³-hybridized carbons (Fsp3) is 0.462. The standard InChI is InChI=1S/C22H20O6.2C2H6/c1-21-13-7-5-11(25-3)9-15(13)27-19(23)17(21)18-20(24)28-16-10-12(26-4)6-8-14(16)22(18,21)2;2*1-2/h5-10,17-18H,1-4H3;2*1-2H3. The summed E-state index contributed by atoms with van der Waals surface area (Å²) in [7, 11) is 3.14. The first-order valence-corrected chi connectivity index (χ1v) is 11.2. The van der Waals surface area contributed by atoms with Gasteiger partial charge in [0.25, 0.3) is 0 Å². The molecule has 0 aromatic heterocycles. The molecular formula is C26H32O6. The van der Waals surface area contributed by atoms with E-state index in [4.69, 9.17) is 18.9 Å². The van der Waals surface area contributed by atoms with Crippen molar-refractivity contribution in [3.63, 3.8) is 0 Å². The normalized spacial score (nSPS) is 28.2.